The van der Waals surface area contributed by atoms with Gasteiger partial charge in [-0.3, -0.25) is 0 Å². The highest BCUT2D eigenvalue weighted by molar-refractivity contribution is 6.32. The van der Waals surface area contributed by atoms with E-state index in [1.165, 1.54) is 0 Å². The van der Waals surface area contributed by atoms with Crippen molar-refractivity contribution in [3.05, 3.63) is 69.2 Å². The average Bonchev–Trinajstić information content (AvgIpc) is 2.35. The van der Waals surface area contributed by atoms with E-state index in [2.05, 4.69) is 0 Å². The molecule has 0 N–H and O–H groups in total. The summed E-state index contributed by atoms with van der Waals surface area (Å²) in [5.74, 6) is 0. The van der Waals surface area contributed by atoms with E-state index in [0.717, 1.165) is 26.7 Å². The maximum Gasteiger partial charge on any atom is 0.0629 e. The lowest BCUT2D eigenvalue weighted by atomic mass is 10.00. The van der Waals surface area contributed by atoms with Crippen LogP contribution in [0.1, 0.15) is 22.1 Å². The fourth-order valence-electron chi connectivity index (χ4n) is 1.93. The summed E-state index contributed by atoms with van der Waals surface area (Å²) in [5, 5.41) is 1.38. The van der Waals surface area contributed by atoms with Crippen molar-refractivity contribution in [2.75, 3.05) is 0 Å². The third kappa shape index (κ3) is 3.00. The first kappa shape index (κ1) is 13.7. The molecule has 0 aromatic heterocycles. The Morgan fingerprint density at radius 1 is 0.944 bits per heavy atom. The van der Waals surface area contributed by atoms with Crippen LogP contribution in [-0.4, -0.2) is 0 Å². The van der Waals surface area contributed by atoms with Gasteiger partial charge >= 0.3 is 0 Å². The Kier molecular flexibility index (Phi) is 4.55. The summed E-state index contributed by atoms with van der Waals surface area (Å²) in [4.78, 5) is 0. The van der Waals surface area contributed by atoms with Crippen LogP contribution in [0.3, 0.4) is 0 Å². The van der Waals surface area contributed by atoms with Gasteiger partial charge in [0.05, 0.1) is 5.38 Å². The van der Waals surface area contributed by atoms with Gasteiger partial charge in [0, 0.05) is 10.0 Å². The molecule has 0 bridgehead atoms. The van der Waals surface area contributed by atoms with Crippen LogP contribution in [0.2, 0.25) is 10.0 Å². The number of hydrogen-bond donors (Lipinski definition) is 0. The summed E-state index contributed by atoms with van der Waals surface area (Å²) in [6.45, 7) is 1.99. The van der Waals surface area contributed by atoms with Crippen LogP contribution in [0, 0.1) is 6.92 Å². The zero-order valence-corrected chi connectivity index (χ0v) is 12.2. The van der Waals surface area contributed by atoms with Crippen molar-refractivity contribution in [3.8, 4) is 0 Å². The quantitative estimate of drug-likeness (QED) is 0.626. The van der Waals surface area contributed by atoms with Crippen LogP contribution < -0.4 is 0 Å². The Morgan fingerprint density at radius 2 is 1.61 bits per heavy atom. The molecule has 0 saturated heterocycles. The van der Waals surface area contributed by atoms with Crippen molar-refractivity contribution in [1.82, 2.24) is 0 Å². The fraction of sp³-hybridized carbons (Fsp3) is 0.200. The maximum atomic E-state index is 6.47. The second-order valence-electron chi connectivity index (χ2n) is 4.22. The van der Waals surface area contributed by atoms with Gasteiger partial charge in [-0.1, -0.05) is 53.5 Å². The third-order valence-electron chi connectivity index (χ3n) is 3.00. The van der Waals surface area contributed by atoms with Crippen LogP contribution in [-0.2, 0) is 6.42 Å². The molecule has 0 fully saturated rings. The molecule has 0 amide bonds. The lowest BCUT2D eigenvalue weighted by molar-refractivity contribution is 0.910. The van der Waals surface area contributed by atoms with E-state index < -0.39 is 0 Å². The van der Waals surface area contributed by atoms with Crippen LogP contribution in [0.25, 0.3) is 0 Å². The highest BCUT2D eigenvalue weighted by atomic mass is 35.5. The normalized spacial score (nSPS) is 12.4. The summed E-state index contributed by atoms with van der Waals surface area (Å²) in [6.07, 6.45) is 0.697. The summed E-state index contributed by atoms with van der Waals surface area (Å²) in [6, 6.07) is 13.6. The maximum absolute atomic E-state index is 6.47. The van der Waals surface area contributed by atoms with Crippen molar-refractivity contribution in [2.24, 2.45) is 0 Å². The number of hydrogen-bond acceptors (Lipinski definition) is 0. The standard InChI is InChI=1S/C15H13Cl3/c1-10-12(6-4-8-13(10)16)15(18)9-11-5-2-3-7-14(11)17/h2-8,15H,9H2,1H3. The molecular weight excluding hydrogens is 287 g/mol. The van der Waals surface area contributed by atoms with E-state index in [-0.39, 0.29) is 5.38 Å². The monoisotopic (exact) mass is 298 g/mol. The minimum absolute atomic E-state index is 0.122. The molecule has 2 aromatic rings. The van der Waals surface area contributed by atoms with Gasteiger partial charge in [0.25, 0.3) is 0 Å². The summed E-state index contributed by atoms with van der Waals surface area (Å²) in [5.41, 5.74) is 3.15. The molecule has 1 atom stereocenters. The average molecular weight is 300 g/mol. The highest BCUT2D eigenvalue weighted by Gasteiger charge is 2.14. The Labute approximate surface area is 122 Å². The van der Waals surface area contributed by atoms with Crippen LogP contribution >= 0.6 is 34.8 Å². The lowest BCUT2D eigenvalue weighted by Crippen LogP contribution is -1.99. The SMILES string of the molecule is Cc1c(Cl)cccc1C(Cl)Cc1ccccc1Cl. The topological polar surface area (TPSA) is 0 Å². The van der Waals surface area contributed by atoms with Gasteiger partial charge in [-0.2, -0.15) is 0 Å². The molecule has 0 spiro atoms. The van der Waals surface area contributed by atoms with Gasteiger partial charge in [-0.15, -0.1) is 11.6 Å². The predicted octanol–water partition coefficient (Wildman–Crippen LogP) is 5.82. The fourth-order valence-corrected chi connectivity index (χ4v) is 2.73. The van der Waals surface area contributed by atoms with E-state index in [1.807, 2.05) is 49.4 Å². The van der Waals surface area contributed by atoms with Gasteiger partial charge in [0.15, 0.2) is 0 Å². The molecule has 0 aliphatic heterocycles. The van der Waals surface area contributed by atoms with E-state index in [4.69, 9.17) is 34.8 Å². The Balaban J connectivity index is 2.25. The first-order valence-electron chi connectivity index (χ1n) is 5.72. The molecule has 3 heteroatoms. The van der Waals surface area contributed by atoms with Crippen molar-refractivity contribution in [3.63, 3.8) is 0 Å². The summed E-state index contributed by atoms with van der Waals surface area (Å²) in [7, 11) is 0. The van der Waals surface area contributed by atoms with E-state index in [9.17, 15) is 0 Å². The highest BCUT2D eigenvalue weighted by Crippen LogP contribution is 2.32. The minimum Gasteiger partial charge on any atom is -0.117 e. The Hall–Kier alpha value is -0.690. The molecule has 0 heterocycles. The minimum atomic E-state index is -0.122. The zero-order valence-electron chi connectivity index (χ0n) is 9.96. The van der Waals surface area contributed by atoms with Gasteiger partial charge in [0.1, 0.15) is 0 Å². The van der Waals surface area contributed by atoms with Gasteiger partial charge < -0.3 is 0 Å². The Bertz CT molecular complexity index is 549. The molecule has 2 aromatic carbocycles. The molecule has 0 saturated carbocycles. The Morgan fingerprint density at radius 3 is 2.33 bits per heavy atom. The number of benzene rings is 2. The zero-order chi connectivity index (χ0) is 13.1. The van der Waals surface area contributed by atoms with Crippen LogP contribution in [0.4, 0.5) is 0 Å². The van der Waals surface area contributed by atoms with Crippen LogP contribution in [0.5, 0.6) is 0 Å². The summed E-state index contributed by atoms with van der Waals surface area (Å²) >= 11 is 18.7. The van der Waals surface area contributed by atoms with E-state index in [0.29, 0.717) is 6.42 Å². The number of alkyl halides is 1. The third-order valence-corrected chi connectivity index (χ3v) is 4.17. The number of halogens is 3. The molecule has 1 unspecified atom stereocenters. The van der Waals surface area contributed by atoms with Crippen molar-refractivity contribution in [1.29, 1.82) is 0 Å². The molecule has 94 valence electrons. The first-order chi connectivity index (χ1) is 8.59. The summed E-state index contributed by atoms with van der Waals surface area (Å²) < 4.78 is 0. The molecule has 0 radical (unpaired) electrons. The first-order valence-corrected chi connectivity index (χ1v) is 6.91. The lowest BCUT2D eigenvalue weighted by Gasteiger charge is -2.14. The molecule has 2 rings (SSSR count). The van der Waals surface area contributed by atoms with Gasteiger partial charge in [-0.25, -0.2) is 0 Å². The van der Waals surface area contributed by atoms with Crippen molar-refractivity contribution >= 4 is 34.8 Å². The van der Waals surface area contributed by atoms with Gasteiger partial charge in [0.2, 0.25) is 0 Å². The van der Waals surface area contributed by atoms with Crippen molar-refractivity contribution in [2.45, 2.75) is 18.7 Å². The number of rotatable bonds is 3. The van der Waals surface area contributed by atoms with Crippen LogP contribution in [0.15, 0.2) is 42.5 Å². The molecule has 18 heavy (non-hydrogen) atoms. The van der Waals surface area contributed by atoms with Gasteiger partial charge in [-0.05, 0) is 42.2 Å². The molecule has 0 aliphatic rings. The molecule has 0 nitrogen and oxygen atoms in total. The van der Waals surface area contributed by atoms with Crippen molar-refractivity contribution < 1.29 is 0 Å². The second kappa shape index (κ2) is 5.97. The predicted molar refractivity (Wildman–Crippen MR) is 79.9 cm³/mol. The van der Waals surface area contributed by atoms with E-state index >= 15 is 0 Å². The second-order valence-corrected chi connectivity index (χ2v) is 5.56. The molecular formula is C15H13Cl3. The van der Waals surface area contributed by atoms with E-state index in [1.54, 1.807) is 0 Å². The smallest absolute Gasteiger partial charge is 0.0629 e. The largest absolute Gasteiger partial charge is 0.117 e. The molecule has 0 aliphatic carbocycles.